The lowest BCUT2D eigenvalue weighted by Gasteiger charge is -2.22. The van der Waals surface area contributed by atoms with Crippen molar-refractivity contribution in [3.05, 3.63) is 12.2 Å². The summed E-state index contributed by atoms with van der Waals surface area (Å²) in [5.41, 5.74) is -0.378. The number of allylic oxidation sites excluding steroid dienone is 1. The minimum atomic E-state index is -0.416. The maximum atomic E-state index is 11.7. The average Bonchev–Trinajstić information content (AvgIpc) is 0.941. The lowest BCUT2D eigenvalue weighted by atomic mass is 9.83. The highest BCUT2D eigenvalue weighted by molar-refractivity contribution is 5.88. The minimum absolute atomic E-state index is 0.00365. The molecule has 20 nitrogen and oxygen atoms in total. The molecule has 20 heteroatoms. The second-order valence-electron chi connectivity index (χ2n) is 57.0. The molecule has 0 aliphatic carbocycles. The van der Waals surface area contributed by atoms with Crippen LogP contribution >= 0.6 is 0 Å². The number of ketones is 7. The highest BCUT2D eigenvalue weighted by atomic mass is 16.5. The molecule has 0 spiro atoms. The summed E-state index contributed by atoms with van der Waals surface area (Å²) in [5.74, 6) is 2.93. The molecular formula is C118H232N6O14. The Balaban J connectivity index is -0.000000195. The molecule has 0 aromatic carbocycles. The van der Waals surface area contributed by atoms with Crippen LogP contribution in [0.4, 0.5) is 0 Å². The van der Waals surface area contributed by atoms with Gasteiger partial charge in [-0.05, 0) is 232 Å². The monoisotopic (exact) mass is 1960 g/mol. The largest absolute Gasteiger partial charge is 0.364 e. The summed E-state index contributed by atoms with van der Waals surface area (Å²) in [6, 6.07) is 0.177. The van der Waals surface area contributed by atoms with Gasteiger partial charge in [0.25, 0.3) is 0 Å². The van der Waals surface area contributed by atoms with Gasteiger partial charge >= 0.3 is 0 Å². The molecule has 0 aromatic heterocycles. The number of ether oxygens (including phenoxy) is 1. The number of nitrogens with one attached hydrogen (secondary N) is 6. The first kappa shape index (κ1) is 150. The smallest absolute Gasteiger partial charge is 0.246 e. The Morgan fingerprint density at radius 2 is 0.507 bits per heavy atom. The van der Waals surface area contributed by atoms with E-state index in [9.17, 15) is 62.3 Å². The van der Waals surface area contributed by atoms with Gasteiger partial charge in [-0.15, -0.1) is 0 Å². The van der Waals surface area contributed by atoms with E-state index in [1.165, 1.54) is 32.1 Å². The van der Waals surface area contributed by atoms with Crippen molar-refractivity contribution in [2.75, 3.05) is 13.2 Å². The molecule has 0 radical (unpaired) electrons. The lowest BCUT2D eigenvalue weighted by Crippen LogP contribution is -2.42. The van der Waals surface area contributed by atoms with Gasteiger partial charge in [-0.3, -0.25) is 62.3 Å². The van der Waals surface area contributed by atoms with E-state index in [0.717, 1.165) is 96.3 Å². The molecule has 0 atom stereocenters. The van der Waals surface area contributed by atoms with Crippen LogP contribution in [0.1, 0.15) is 559 Å². The number of rotatable bonds is 41. The van der Waals surface area contributed by atoms with Crippen molar-refractivity contribution in [1.29, 1.82) is 0 Å². The summed E-state index contributed by atoms with van der Waals surface area (Å²) in [6.45, 7) is 106. The van der Waals surface area contributed by atoms with Crippen LogP contribution < -0.4 is 31.9 Å². The van der Waals surface area contributed by atoms with Crippen molar-refractivity contribution < 1.29 is 67.1 Å². The van der Waals surface area contributed by atoms with Crippen molar-refractivity contribution in [2.45, 2.75) is 593 Å². The Bertz CT molecular complexity index is 3390. The van der Waals surface area contributed by atoms with Gasteiger partial charge in [0.2, 0.25) is 35.4 Å². The maximum absolute atomic E-state index is 11.7. The quantitative estimate of drug-likeness (QED) is 0.0245. The van der Waals surface area contributed by atoms with E-state index in [0.29, 0.717) is 116 Å². The number of unbranched alkanes of at least 4 members (excludes halogenated alkanes) is 10. The van der Waals surface area contributed by atoms with Crippen molar-refractivity contribution in [3.63, 3.8) is 0 Å². The van der Waals surface area contributed by atoms with Crippen LogP contribution in [0, 0.1) is 65.5 Å². The Morgan fingerprint density at radius 1 is 0.239 bits per heavy atom. The molecule has 0 fully saturated rings. The van der Waals surface area contributed by atoms with E-state index >= 15 is 0 Å². The van der Waals surface area contributed by atoms with Gasteiger partial charge in [0.15, 0.2) is 5.78 Å². The molecule has 6 N–H and O–H groups in total. The summed E-state index contributed by atoms with van der Waals surface area (Å²) in [6.07, 6.45) is 31.2. The van der Waals surface area contributed by atoms with E-state index in [1.54, 1.807) is 6.08 Å². The second-order valence-corrected chi connectivity index (χ2v) is 57.0. The predicted molar refractivity (Wildman–Crippen MR) is 590 cm³/mol. The van der Waals surface area contributed by atoms with Gasteiger partial charge in [0, 0.05) is 139 Å². The van der Waals surface area contributed by atoms with Gasteiger partial charge in [-0.1, -0.05) is 300 Å². The Kier molecular flexibility index (Phi) is 77.0. The highest BCUT2D eigenvalue weighted by Gasteiger charge is 2.28. The van der Waals surface area contributed by atoms with Crippen molar-refractivity contribution in [1.82, 2.24) is 31.9 Å². The SMILES string of the molecule is CC(C)(C)/C=C/C(=O)NC(C)(C)C.CC(C)(C)CC(=O)CC(C)(C)C.CC(C)(C)CC(=O)CCCCCCC(=O)C(C)(C)C.CC(C)(C)CCC(=O)NC(C)(C)C.CC(C)(C)CCCC(=O)NC(C)(C)C.CC(C)(C)CCCCC(=O)NC(C)(C)C.CC(C)(C)NC(=O)COCC(=O)C(C)(C)C.CC(C)CC(=O)CCCCCCCCCC(=O)C(C)(C)C.CC(C)NC(=O)CCCC(=O)C(C)(C)C. The molecule has 6 amide bonds. The third kappa shape index (κ3) is 136. The van der Waals surface area contributed by atoms with Crippen LogP contribution in [0.2, 0.25) is 0 Å². The number of amides is 6. The van der Waals surface area contributed by atoms with Gasteiger partial charge in [0.05, 0.1) is 0 Å². The van der Waals surface area contributed by atoms with Crippen LogP contribution in [0.25, 0.3) is 0 Å². The number of hydrogen-bond acceptors (Lipinski definition) is 14. The van der Waals surface area contributed by atoms with Gasteiger partial charge in [-0.2, -0.15) is 0 Å². The molecule has 0 aliphatic heterocycles. The van der Waals surface area contributed by atoms with Crippen LogP contribution in [-0.4, -0.2) is 123 Å². The fourth-order valence-electron chi connectivity index (χ4n) is 12.2. The standard InChI is InChI=1S/C19H36O2.C17H32O2.C13H27NO.C12H23NO3.C12H23NO2.C12H25NO.C11H23NO.C11H21NO.C11H22O/c1-16(2)15-17(20)13-11-9-7-6-8-10-12-14-18(21)19(3,4)5;1-16(2,3)13-14(18)11-9-7-8-10-12-15(19)17(4,5)6;1-12(2,3)10-8-7-9-11(15)14-13(4,5)6;1-11(2,3)9(14)7-16-8-10(15)13-12(4,5)6;1-9(2)13-11(15)8-6-7-10(14)12(3,4)5;1-11(2,3)9-7-8-10(14)13-12(4,5)6;2*1-10(2,3)8-7-9(13)12-11(4,5)6;1-10(2,3)7-9(12)8-11(4,5)6/h16H,6-15H2,1-5H3;7-13H2,1-6H3;7-10H2,1-6H3,(H,14,15);7-8H2,1-6H3,(H,13,15);9H,6-8H2,1-5H3,(H,13,15);7-9H2,1-6H3,(H,13,14);7-8H2,1-6H3,(H,12,13);7-8H,1-6H3,(H,12,13);7-8H2,1-6H3/b;;;;;;;8-7+;. The topological polar surface area (TPSA) is 303 Å². The third-order valence-electron chi connectivity index (χ3n) is 19.2. The zero-order valence-corrected chi connectivity index (χ0v) is 101. The first-order valence-corrected chi connectivity index (χ1v) is 52.8. The first-order chi connectivity index (χ1) is 61.0. The van der Waals surface area contributed by atoms with Crippen LogP contribution in [0.5, 0.6) is 0 Å². The molecule has 0 unspecified atom stereocenters. The molecule has 0 heterocycles. The molecular weight excluding hydrogens is 1730 g/mol. The van der Waals surface area contributed by atoms with E-state index < -0.39 is 5.41 Å². The zero-order valence-electron chi connectivity index (χ0n) is 101. The van der Waals surface area contributed by atoms with E-state index in [2.05, 4.69) is 191 Å². The van der Waals surface area contributed by atoms with Crippen LogP contribution in [0.3, 0.4) is 0 Å². The van der Waals surface area contributed by atoms with Crippen molar-refractivity contribution >= 4 is 75.9 Å². The minimum Gasteiger partial charge on any atom is -0.364 e. The van der Waals surface area contributed by atoms with Crippen LogP contribution in [0.15, 0.2) is 12.2 Å². The Labute approximate surface area is 853 Å². The summed E-state index contributed by atoms with van der Waals surface area (Å²) in [5, 5.41) is 17.3. The summed E-state index contributed by atoms with van der Waals surface area (Å²) < 4.78 is 5.07. The number of carbonyl (C=O) groups excluding carboxylic acids is 13. The number of hydrogen-bond donors (Lipinski definition) is 6. The fourth-order valence-corrected chi connectivity index (χ4v) is 12.2. The lowest BCUT2D eigenvalue weighted by molar-refractivity contribution is -0.135. The van der Waals surface area contributed by atoms with E-state index in [1.807, 2.05) is 207 Å². The van der Waals surface area contributed by atoms with Crippen molar-refractivity contribution in [3.8, 4) is 0 Å². The summed E-state index contributed by atoms with van der Waals surface area (Å²) in [7, 11) is 0. The molecule has 138 heavy (non-hydrogen) atoms. The highest BCUT2D eigenvalue weighted by Crippen LogP contribution is 2.29. The number of carbonyl (C=O) groups is 13. The van der Waals surface area contributed by atoms with Crippen LogP contribution in [-0.2, 0) is 67.1 Å². The van der Waals surface area contributed by atoms with Gasteiger partial charge < -0.3 is 36.6 Å². The Morgan fingerprint density at radius 3 is 0.804 bits per heavy atom. The Hall–Kier alpha value is -5.79. The second kappa shape index (κ2) is 70.8. The molecule has 0 aliphatic rings. The van der Waals surface area contributed by atoms with Gasteiger partial charge in [0.1, 0.15) is 47.9 Å². The molecule has 0 saturated carbocycles. The summed E-state index contributed by atoms with van der Waals surface area (Å²) in [4.78, 5) is 149. The van der Waals surface area contributed by atoms with Crippen molar-refractivity contribution in [2.24, 2.45) is 65.5 Å². The molecule has 0 bridgehead atoms. The predicted octanol–water partition coefficient (Wildman–Crippen LogP) is 29.8. The maximum Gasteiger partial charge on any atom is 0.246 e. The average molecular weight is 1960 g/mol. The molecule has 818 valence electrons. The number of Topliss-reactive ketones (excluding diaryl/α,β-unsaturated/α-hetero) is 7. The van der Waals surface area contributed by atoms with E-state index in [-0.39, 0.29) is 137 Å². The first-order valence-electron chi connectivity index (χ1n) is 52.8. The zero-order chi connectivity index (χ0) is 111. The van der Waals surface area contributed by atoms with E-state index in [4.69, 9.17) is 4.74 Å². The molecule has 0 rings (SSSR count). The molecule has 0 aromatic rings. The summed E-state index contributed by atoms with van der Waals surface area (Å²) >= 11 is 0. The molecule has 0 saturated heterocycles. The normalized spacial score (nSPS) is 12.5. The fraction of sp³-hybridized carbons (Fsp3) is 0.873. The third-order valence-corrected chi connectivity index (χ3v) is 19.2. The van der Waals surface area contributed by atoms with Gasteiger partial charge in [-0.25, -0.2) is 0 Å².